The molecule has 9 nitrogen and oxygen atoms in total. The third-order valence-electron chi connectivity index (χ3n) is 9.48. The number of nitrogens with zero attached hydrogens (tertiary/aromatic N) is 2. The Morgan fingerprint density at radius 3 is 2.28 bits per heavy atom. The summed E-state index contributed by atoms with van der Waals surface area (Å²) in [4.78, 5) is 43.1. The van der Waals surface area contributed by atoms with Crippen molar-refractivity contribution in [1.29, 1.82) is 0 Å². The second kappa shape index (κ2) is 15.8. The lowest BCUT2D eigenvalue weighted by molar-refractivity contribution is -0.142. The summed E-state index contributed by atoms with van der Waals surface area (Å²) in [6.07, 6.45) is 4.36. The van der Waals surface area contributed by atoms with Crippen molar-refractivity contribution in [2.24, 2.45) is 5.92 Å². The van der Waals surface area contributed by atoms with E-state index in [4.69, 9.17) is 4.74 Å². The molecule has 1 saturated heterocycles. The lowest BCUT2D eigenvalue weighted by atomic mass is 9.90. The molecule has 10 heteroatoms. The number of hydrogen-bond acceptors (Lipinski definition) is 7. The Bertz CT molecular complexity index is 1940. The lowest BCUT2D eigenvalue weighted by Crippen LogP contribution is -2.36. The molecule has 0 aliphatic carbocycles. The number of nitrogens with one attached hydrogen (secondary N) is 1. The molecule has 0 atom stereocenters. The lowest BCUT2D eigenvalue weighted by Gasteiger charge is -2.32. The van der Waals surface area contributed by atoms with Gasteiger partial charge in [0.15, 0.2) is 0 Å². The molecule has 1 fully saturated rings. The van der Waals surface area contributed by atoms with Crippen molar-refractivity contribution in [3.8, 4) is 0 Å². The third-order valence-corrected chi connectivity index (χ3v) is 11.3. The fourth-order valence-electron chi connectivity index (χ4n) is 6.80. The molecule has 2 amide bonds. The topological polar surface area (TPSA) is 113 Å². The van der Waals surface area contributed by atoms with Gasteiger partial charge in [-0.15, -0.1) is 0 Å². The van der Waals surface area contributed by atoms with E-state index in [9.17, 15) is 22.8 Å². The van der Waals surface area contributed by atoms with Crippen molar-refractivity contribution < 1.29 is 27.5 Å². The monoisotopic (exact) mass is 693 g/mol. The Morgan fingerprint density at radius 1 is 0.840 bits per heavy atom. The first-order valence-electron chi connectivity index (χ1n) is 17.3. The zero-order valence-electron chi connectivity index (χ0n) is 28.3. The minimum Gasteiger partial charge on any atom is -0.466 e. The zero-order valence-corrected chi connectivity index (χ0v) is 29.2. The van der Waals surface area contributed by atoms with Gasteiger partial charge in [0.2, 0.25) is 9.84 Å². The number of amides is 2. The van der Waals surface area contributed by atoms with Gasteiger partial charge in [-0.1, -0.05) is 66.7 Å². The van der Waals surface area contributed by atoms with Gasteiger partial charge in [-0.25, -0.2) is 8.42 Å². The van der Waals surface area contributed by atoms with Gasteiger partial charge >= 0.3 is 5.97 Å². The number of sulfone groups is 1. The summed E-state index contributed by atoms with van der Waals surface area (Å²) >= 11 is 0. The fourth-order valence-corrected chi connectivity index (χ4v) is 8.43. The SMILES string of the molecule is CCOC(=O)Cc1ccc(CN2C(=O)c3ccccc3S(=O)(=O)c3ccc(C(=O)NCCCN4CCC(Cc5ccccc5)CC4)cc32)cc1. The normalized spacial score (nSPS) is 15.9. The van der Waals surface area contributed by atoms with Crippen LogP contribution in [0.2, 0.25) is 0 Å². The first kappa shape index (κ1) is 35.0. The smallest absolute Gasteiger partial charge is 0.310 e. The average Bonchev–Trinajstić information content (AvgIpc) is 3.19. The van der Waals surface area contributed by atoms with Crippen molar-refractivity contribution >= 4 is 33.3 Å². The number of esters is 1. The van der Waals surface area contributed by atoms with Crippen LogP contribution >= 0.6 is 0 Å². The van der Waals surface area contributed by atoms with Crippen molar-refractivity contribution in [3.63, 3.8) is 0 Å². The number of anilines is 1. The van der Waals surface area contributed by atoms with Crippen molar-refractivity contribution in [2.75, 3.05) is 37.7 Å². The van der Waals surface area contributed by atoms with Crippen LogP contribution in [0.15, 0.2) is 107 Å². The van der Waals surface area contributed by atoms with Crippen LogP contribution in [0.1, 0.15) is 63.6 Å². The highest BCUT2D eigenvalue weighted by Gasteiger charge is 2.36. The van der Waals surface area contributed by atoms with Crippen LogP contribution in [0.25, 0.3) is 0 Å². The Labute approximate surface area is 294 Å². The van der Waals surface area contributed by atoms with Crippen LogP contribution in [-0.2, 0) is 38.8 Å². The average molecular weight is 694 g/mol. The molecule has 260 valence electrons. The summed E-state index contributed by atoms with van der Waals surface area (Å²) in [5, 5.41) is 2.99. The van der Waals surface area contributed by atoms with E-state index in [0.717, 1.165) is 56.4 Å². The number of carbonyl (C=O) groups is 3. The maximum atomic E-state index is 14.0. The van der Waals surface area contributed by atoms with Gasteiger partial charge in [-0.3, -0.25) is 14.4 Å². The van der Waals surface area contributed by atoms with Crippen molar-refractivity contribution in [2.45, 2.75) is 55.4 Å². The highest BCUT2D eigenvalue weighted by molar-refractivity contribution is 7.91. The van der Waals surface area contributed by atoms with Crippen molar-refractivity contribution in [1.82, 2.24) is 10.2 Å². The predicted octanol–water partition coefficient (Wildman–Crippen LogP) is 5.86. The summed E-state index contributed by atoms with van der Waals surface area (Å²) in [5.41, 5.74) is 3.36. The number of piperidine rings is 1. The molecular weight excluding hydrogens is 651 g/mol. The van der Waals surface area contributed by atoms with E-state index in [2.05, 4.69) is 40.5 Å². The van der Waals surface area contributed by atoms with Crippen LogP contribution in [0, 0.1) is 5.92 Å². The van der Waals surface area contributed by atoms with E-state index >= 15 is 0 Å². The second-order valence-electron chi connectivity index (χ2n) is 13.0. The molecule has 0 bridgehead atoms. The molecule has 0 saturated carbocycles. The van der Waals surface area contributed by atoms with Gasteiger partial charge in [0.1, 0.15) is 0 Å². The number of hydrogen-bond donors (Lipinski definition) is 1. The number of rotatable bonds is 12. The Balaban J connectivity index is 1.13. The number of fused-ring (bicyclic) bond motifs is 2. The van der Waals surface area contributed by atoms with Gasteiger partial charge in [0.25, 0.3) is 11.8 Å². The Kier molecular flexibility index (Phi) is 11.1. The van der Waals surface area contributed by atoms with Crippen LogP contribution < -0.4 is 10.2 Å². The molecule has 0 spiro atoms. The Morgan fingerprint density at radius 2 is 1.54 bits per heavy atom. The first-order valence-corrected chi connectivity index (χ1v) is 18.8. The van der Waals surface area contributed by atoms with Crippen molar-refractivity contribution in [3.05, 3.63) is 125 Å². The number of carbonyl (C=O) groups excluding carboxylic acids is 3. The summed E-state index contributed by atoms with van der Waals surface area (Å²) in [7, 11) is -4.07. The van der Waals surface area contributed by atoms with E-state index in [-0.39, 0.29) is 51.4 Å². The number of benzene rings is 4. The number of ether oxygens (including phenoxy) is 1. The molecule has 50 heavy (non-hydrogen) atoms. The minimum atomic E-state index is -4.07. The Hall–Kier alpha value is -4.80. The minimum absolute atomic E-state index is 0.0399. The molecule has 0 radical (unpaired) electrons. The van der Waals surface area contributed by atoms with E-state index in [1.165, 1.54) is 40.8 Å². The van der Waals surface area contributed by atoms with Gasteiger partial charge in [-0.05, 0) is 105 Å². The molecule has 0 aromatic heterocycles. The van der Waals surface area contributed by atoms with Gasteiger partial charge in [-0.2, -0.15) is 0 Å². The standard InChI is InChI=1S/C40H43N3O6S/c1-2-49-38(44)26-30-13-15-32(16-14-30)28-43-35-27-33(17-18-37(35)50(47,48)36-12-7-6-11-34(36)40(43)46)39(45)41-21-8-22-42-23-19-31(20-24-42)25-29-9-4-3-5-10-29/h3-7,9-18,27,31H,2,8,19-26,28H2,1H3,(H,41,45). The molecule has 2 aliphatic heterocycles. The van der Waals surface area contributed by atoms with Crippen LogP contribution in [0.4, 0.5) is 5.69 Å². The summed E-state index contributed by atoms with van der Waals surface area (Å²) in [6.45, 7) is 5.57. The summed E-state index contributed by atoms with van der Waals surface area (Å²) in [6, 6.07) is 28.4. The van der Waals surface area contributed by atoms with Gasteiger partial charge in [0, 0.05) is 12.1 Å². The molecule has 4 aromatic rings. The molecule has 2 heterocycles. The van der Waals surface area contributed by atoms with Gasteiger partial charge in [0.05, 0.1) is 40.6 Å². The van der Waals surface area contributed by atoms with Crippen LogP contribution in [0.3, 0.4) is 0 Å². The maximum Gasteiger partial charge on any atom is 0.310 e. The quantitative estimate of drug-likeness (QED) is 0.146. The highest BCUT2D eigenvalue weighted by Crippen LogP contribution is 2.38. The molecular formula is C40H43N3O6S. The zero-order chi connectivity index (χ0) is 35.1. The van der Waals surface area contributed by atoms with Crippen LogP contribution in [-0.4, -0.2) is 63.9 Å². The maximum absolute atomic E-state index is 14.0. The van der Waals surface area contributed by atoms with E-state index in [1.54, 1.807) is 43.3 Å². The third kappa shape index (κ3) is 8.14. The summed E-state index contributed by atoms with van der Waals surface area (Å²) in [5.74, 6) is -0.447. The van der Waals surface area contributed by atoms with Gasteiger partial charge < -0.3 is 19.9 Å². The molecule has 6 rings (SSSR count). The van der Waals surface area contributed by atoms with E-state index in [0.29, 0.717) is 19.1 Å². The molecule has 1 N–H and O–H groups in total. The number of likely N-dealkylation sites (tertiary alicyclic amines) is 1. The fraction of sp³-hybridized carbons (Fsp3) is 0.325. The first-order chi connectivity index (χ1) is 24.2. The summed E-state index contributed by atoms with van der Waals surface area (Å²) < 4.78 is 32.8. The van der Waals surface area contributed by atoms with E-state index in [1.807, 2.05) is 0 Å². The van der Waals surface area contributed by atoms with Crippen LogP contribution in [0.5, 0.6) is 0 Å². The predicted molar refractivity (Wildman–Crippen MR) is 192 cm³/mol. The molecule has 2 aliphatic rings. The van der Waals surface area contributed by atoms with E-state index < -0.39 is 15.7 Å². The molecule has 0 unspecified atom stereocenters. The highest BCUT2D eigenvalue weighted by atomic mass is 32.2. The largest absolute Gasteiger partial charge is 0.466 e. The second-order valence-corrected chi connectivity index (χ2v) is 14.8. The molecule has 4 aromatic carbocycles.